The van der Waals surface area contributed by atoms with Gasteiger partial charge < -0.3 is 9.47 Å². The molecule has 4 nitrogen and oxygen atoms in total. The summed E-state index contributed by atoms with van der Waals surface area (Å²) in [7, 11) is 0. The van der Waals surface area contributed by atoms with Crippen molar-refractivity contribution in [2.45, 2.75) is 130 Å². The van der Waals surface area contributed by atoms with E-state index in [4.69, 9.17) is 9.47 Å². The van der Waals surface area contributed by atoms with Crippen molar-refractivity contribution in [2.24, 2.45) is 5.41 Å². The van der Waals surface area contributed by atoms with E-state index in [9.17, 15) is 9.59 Å². The molecule has 0 radical (unpaired) electrons. The van der Waals surface area contributed by atoms with E-state index in [1.54, 1.807) is 6.92 Å². The topological polar surface area (TPSA) is 52.6 Å². The molecule has 184 valence electrons. The van der Waals surface area contributed by atoms with Gasteiger partial charge in [-0.15, -0.1) is 0 Å². The van der Waals surface area contributed by atoms with Crippen LogP contribution in [0.25, 0.3) is 0 Å². The van der Waals surface area contributed by atoms with E-state index in [1.807, 2.05) is 0 Å². The molecule has 0 N–H and O–H groups in total. The molecule has 0 aromatic heterocycles. The van der Waals surface area contributed by atoms with Crippen molar-refractivity contribution in [1.82, 2.24) is 0 Å². The maximum absolute atomic E-state index is 12.8. The van der Waals surface area contributed by atoms with Crippen LogP contribution < -0.4 is 0 Å². The van der Waals surface area contributed by atoms with Crippen molar-refractivity contribution >= 4 is 34.5 Å². The van der Waals surface area contributed by atoms with Gasteiger partial charge in [-0.25, -0.2) is 0 Å². The summed E-state index contributed by atoms with van der Waals surface area (Å²) in [5.74, 6) is -0.804. The van der Waals surface area contributed by atoms with Gasteiger partial charge in [0.05, 0.1) is 13.2 Å². The monoisotopic (exact) mass is 552 g/mol. The Morgan fingerprint density at radius 2 is 1.00 bits per heavy atom. The van der Waals surface area contributed by atoms with Crippen LogP contribution in [0.1, 0.15) is 130 Å². The molecule has 0 saturated carbocycles. The summed E-state index contributed by atoms with van der Waals surface area (Å²) >= 11 is 2.39. The average molecular weight is 553 g/mol. The Morgan fingerprint density at radius 3 is 1.48 bits per heavy atom. The van der Waals surface area contributed by atoms with Gasteiger partial charge in [-0.2, -0.15) is 0 Å². The number of halogens is 1. The zero-order chi connectivity index (χ0) is 23.2. The van der Waals surface area contributed by atoms with Crippen LogP contribution in [0.2, 0.25) is 0 Å². The van der Waals surface area contributed by atoms with Gasteiger partial charge in [-0.05, 0) is 37.0 Å². The summed E-state index contributed by atoms with van der Waals surface area (Å²) in [6, 6.07) is 0. The van der Waals surface area contributed by atoms with Gasteiger partial charge in [0.1, 0.15) is 0 Å². The van der Waals surface area contributed by atoms with E-state index in [0.29, 0.717) is 19.6 Å². The number of hydrogen-bond donors (Lipinski definition) is 0. The molecule has 0 fully saturated rings. The number of rotatable bonds is 22. The van der Waals surface area contributed by atoms with Gasteiger partial charge >= 0.3 is 11.9 Å². The first-order valence-electron chi connectivity index (χ1n) is 12.9. The Hall–Kier alpha value is -0.330. The van der Waals surface area contributed by atoms with E-state index in [-0.39, 0.29) is 0 Å². The standard InChI is InChI=1S/C26H49IO4/c1-4-6-8-10-11-12-15-19-23-31-25(29)26(3,20-16-13-14-17-21-27)24(28)30-22-18-9-7-5-2/h4-23H2,1-3H3. The van der Waals surface area contributed by atoms with E-state index in [2.05, 4.69) is 36.4 Å². The number of carbonyl (C=O) groups excluding carboxylic acids is 2. The number of hydrogen-bond acceptors (Lipinski definition) is 4. The highest BCUT2D eigenvalue weighted by Crippen LogP contribution is 2.29. The molecule has 0 spiro atoms. The van der Waals surface area contributed by atoms with E-state index >= 15 is 0 Å². The minimum absolute atomic E-state index is 0.397. The minimum Gasteiger partial charge on any atom is -0.465 e. The Kier molecular flexibility index (Phi) is 21.3. The lowest BCUT2D eigenvalue weighted by molar-refractivity contribution is -0.172. The third-order valence-corrected chi connectivity index (χ3v) is 6.69. The first-order chi connectivity index (χ1) is 15.0. The van der Waals surface area contributed by atoms with Gasteiger partial charge in [0.25, 0.3) is 0 Å². The maximum atomic E-state index is 12.8. The Bertz CT molecular complexity index is 441. The molecule has 0 heterocycles. The lowest BCUT2D eigenvalue weighted by atomic mass is 9.84. The second-order valence-electron chi connectivity index (χ2n) is 8.99. The van der Waals surface area contributed by atoms with E-state index in [1.165, 1.54) is 44.9 Å². The van der Waals surface area contributed by atoms with Crippen molar-refractivity contribution in [1.29, 1.82) is 0 Å². The Labute approximate surface area is 206 Å². The van der Waals surface area contributed by atoms with Crippen LogP contribution in [-0.4, -0.2) is 29.6 Å². The molecule has 0 bridgehead atoms. The van der Waals surface area contributed by atoms with E-state index in [0.717, 1.165) is 62.2 Å². The zero-order valence-corrected chi connectivity index (χ0v) is 22.8. The van der Waals surface area contributed by atoms with Crippen LogP contribution in [0.3, 0.4) is 0 Å². The predicted octanol–water partition coefficient (Wildman–Crippen LogP) is 8.19. The lowest BCUT2D eigenvalue weighted by Crippen LogP contribution is -2.39. The van der Waals surface area contributed by atoms with Crippen LogP contribution in [0.15, 0.2) is 0 Å². The third-order valence-electron chi connectivity index (χ3n) is 5.92. The van der Waals surface area contributed by atoms with Crippen LogP contribution >= 0.6 is 22.6 Å². The van der Waals surface area contributed by atoms with Crippen molar-refractivity contribution in [3.63, 3.8) is 0 Å². The molecular formula is C26H49IO4. The number of unbranched alkanes of at least 4 members (excludes halogenated alkanes) is 13. The number of ether oxygens (including phenoxy) is 2. The molecule has 1 atom stereocenters. The fourth-order valence-electron chi connectivity index (χ4n) is 3.63. The smallest absolute Gasteiger partial charge is 0.323 e. The molecule has 0 aromatic carbocycles. The zero-order valence-electron chi connectivity index (χ0n) is 20.7. The van der Waals surface area contributed by atoms with Gasteiger partial charge in [-0.1, -0.05) is 120 Å². The van der Waals surface area contributed by atoms with Gasteiger partial charge in [0, 0.05) is 0 Å². The molecule has 0 aliphatic carbocycles. The summed E-state index contributed by atoms with van der Waals surface area (Å²) in [5, 5.41) is 0. The summed E-state index contributed by atoms with van der Waals surface area (Å²) in [4.78, 5) is 25.6. The minimum atomic E-state index is -1.17. The SMILES string of the molecule is CCCCCCCCCCOC(=O)C(C)(CCCCCCI)C(=O)OCCCCCC. The van der Waals surface area contributed by atoms with Gasteiger partial charge in [0.15, 0.2) is 5.41 Å². The van der Waals surface area contributed by atoms with E-state index < -0.39 is 17.4 Å². The van der Waals surface area contributed by atoms with Crippen LogP contribution in [0, 0.1) is 5.41 Å². The number of esters is 2. The van der Waals surface area contributed by atoms with Crippen molar-refractivity contribution in [3.05, 3.63) is 0 Å². The fraction of sp³-hybridized carbons (Fsp3) is 0.923. The van der Waals surface area contributed by atoms with Crippen LogP contribution in [0.4, 0.5) is 0 Å². The molecule has 31 heavy (non-hydrogen) atoms. The van der Waals surface area contributed by atoms with Crippen molar-refractivity contribution in [3.8, 4) is 0 Å². The number of carbonyl (C=O) groups is 2. The Balaban J connectivity index is 4.41. The largest absolute Gasteiger partial charge is 0.465 e. The summed E-state index contributed by atoms with van der Waals surface area (Å²) in [6.45, 7) is 6.91. The summed E-state index contributed by atoms with van der Waals surface area (Å²) < 4.78 is 12.2. The second kappa shape index (κ2) is 21.5. The normalized spacial score (nSPS) is 13.0. The molecular weight excluding hydrogens is 503 g/mol. The highest BCUT2D eigenvalue weighted by Gasteiger charge is 2.43. The molecule has 0 aliphatic rings. The quantitative estimate of drug-likeness (QED) is 0.0447. The first kappa shape index (κ1) is 30.7. The molecule has 0 aromatic rings. The summed E-state index contributed by atoms with van der Waals surface area (Å²) in [6.07, 6.45) is 18.5. The number of alkyl halides is 1. The molecule has 0 aliphatic heterocycles. The highest BCUT2D eigenvalue weighted by atomic mass is 127. The van der Waals surface area contributed by atoms with Crippen LogP contribution in [-0.2, 0) is 19.1 Å². The fourth-order valence-corrected chi connectivity index (χ4v) is 4.17. The average Bonchev–Trinajstić information content (AvgIpc) is 2.77. The lowest BCUT2D eigenvalue weighted by Gasteiger charge is -2.25. The van der Waals surface area contributed by atoms with Gasteiger partial charge in [0.2, 0.25) is 0 Å². The maximum Gasteiger partial charge on any atom is 0.323 e. The van der Waals surface area contributed by atoms with Crippen LogP contribution in [0.5, 0.6) is 0 Å². The second-order valence-corrected chi connectivity index (χ2v) is 10.1. The first-order valence-corrected chi connectivity index (χ1v) is 14.5. The molecule has 0 amide bonds. The summed E-state index contributed by atoms with van der Waals surface area (Å²) in [5.41, 5.74) is -1.17. The molecule has 0 rings (SSSR count). The molecule has 0 saturated heterocycles. The molecule has 1 unspecified atom stereocenters. The van der Waals surface area contributed by atoms with Gasteiger partial charge in [-0.3, -0.25) is 9.59 Å². The highest BCUT2D eigenvalue weighted by molar-refractivity contribution is 14.1. The third kappa shape index (κ3) is 16.0. The predicted molar refractivity (Wildman–Crippen MR) is 139 cm³/mol. The van der Waals surface area contributed by atoms with Crippen molar-refractivity contribution < 1.29 is 19.1 Å². The molecule has 5 heteroatoms. The Morgan fingerprint density at radius 1 is 0.613 bits per heavy atom. The van der Waals surface area contributed by atoms with Crippen molar-refractivity contribution in [2.75, 3.05) is 17.6 Å².